The largest absolute Gasteiger partial charge is 0.451 e. The van der Waals surface area contributed by atoms with E-state index in [2.05, 4.69) is 0 Å². The minimum atomic E-state index is -0.793. The summed E-state index contributed by atoms with van der Waals surface area (Å²) in [5, 5.41) is 0.477. The van der Waals surface area contributed by atoms with Crippen molar-refractivity contribution in [2.75, 3.05) is 18.6 Å². The van der Waals surface area contributed by atoms with Crippen molar-refractivity contribution in [1.82, 2.24) is 0 Å². The second-order valence-corrected chi connectivity index (χ2v) is 6.67. The van der Waals surface area contributed by atoms with Crippen LogP contribution in [0.15, 0.2) is 40.8 Å². The molecule has 2 heterocycles. The molecule has 4 rings (SSSR count). The van der Waals surface area contributed by atoms with Gasteiger partial charge in [-0.05, 0) is 48.9 Å². The third kappa shape index (κ3) is 2.94. The molecule has 3 aromatic rings. The summed E-state index contributed by atoms with van der Waals surface area (Å²) >= 11 is 0. The maximum absolute atomic E-state index is 13.4. The Morgan fingerprint density at radius 3 is 2.79 bits per heavy atom. The van der Waals surface area contributed by atoms with Crippen LogP contribution >= 0.6 is 0 Å². The van der Waals surface area contributed by atoms with E-state index in [9.17, 15) is 18.8 Å². The van der Waals surface area contributed by atoms with E-state index >= 15 is 0 Å². The van der Waals surface area contributed by atoms with Gasteiger partial charge in [0.15, 0.2) is 12.4 Å². The zero-order valence-corrected chi connectivity index (χ0v) is 15.2. The van der Waals surface area contributed by atoms with Crippen LogP contribution in [0.2, 0.25) is 0 Å². The number of rotatable bonds is 4. The molecule has 1 amide bonds. The van der Waals surface area contributed by atoms with Gasteiger partial charge in [0.05, 0.1) is 6.42 Å². The van der Waals surface area contributed by atoms with E-state index < -0.39 is 24.2 Å². The quantitative estimate of drug-likeness (QED) is 0.511. The van der Waals surface area contributed by atoms with Crippen molar-refractivity contribution >= 4 is 34.3 Å². The number of anilines is 1. The van der Waals surface area contributed by atoms with Crippen LogP contribution in [-0.2, 0) is 16.0 Å². The zero-order valence-electron chi connectivity index (χ0n) is 15.2. The highest BCUT2D eigenvalue weighted by Gasteiger charge is 2.25. The van der Waals surface area contributed by atoms with Crippen molar-refractivity contribution < 1.29 is 27.9 Å². The summed E-state index contributed by atoms with van der Waals surface area (Å²) in [7, 11) is 1.68. The van der Waals surface area contributed by atoms with Crippen LogP contribution in [-0.4, -0.2) is 31.3 Å². The van der Waals surface area contributed by atoms with Gasteiger partial charge >= 0.3 is 5.97 Å². The van der Waals surface area contributed by atoms with Crippen molar-refractivity contribution in [2.24, 2.45) is 0 Å². The molecule has 0 atom stereocenters. The Morgan fingerprint density at radius 1 is 1.21 bits per heavy atom. The number of carbonyl (C=O) groups is 3. The fourth-order valence-electron chi connectivity index (χ4n) is 3.31. The second kappa shape index (κ2) is 6.60. The molecule has 2 aromatic carbocycles. The smallest absolute Gasteiger partial charge is 0.375 e. The number of ketones is 1. The van der Waals surface area contributed by atoms with Gasteiger partial charge in [0.2, 0.25) is 11.7 Å². The van der Waals surface area contributed by atoms with E-state index in [1.54, 1.807) is 32.2 Å². The van der Waals surface area contributed by atoms with Crippen LogP contribution in [0.5, 0.6) is 0 Å². The molecule has 0 N–H and O–H groups in total. The Bertz CT molecular complexity index is 1150. The van der Waals surface area contributed by atoms with Gasteiger partial charge in [-0.1, -0.05) is 0 Å². The molecule has 1 aliphatic heterocycles. The van der Waals surface area contributed by atoms with Crippen LogP contribution in [0.25, 0.3) is 11.0 Å². The van der Waals surface area contributed by atoms with Crippen LogP contribution in [0.3, 0.4) is 0 Å². The van der Waals surface area contributed by atoms with E-state index in [4.69, 9.17) is 9.15 Å². The maximum Gasteiger partial charge on any atom is 0.375 e. The monoisotopic (exact) mass is 381 g/mol. The predicted octanol–water partition coefficient (Wildman–Crippen LogP) is 3.44. The van der Waals surface area contributed by atoms with Gasteiger partial charge in [0.1, 0.15) is 11.4 Å². The SMILES string of the molecule is Cc1c(C(=O)OCC(=O)c2ccc3c(c2)CC(=O)N3C)oc2ccc(F)cc12. The van der Waals surface area contributed by atoms with Gasteiger partial charge < -0.3 is 14.1 Å². The van der Waals surface area contributed by atoms with Crippen LogP contribution in [0, 0.1) is 12.7 Å². The maximum atomic E-state index is 13.4. The average Bonchev–Trinajstić information content (AvgIpc) is 3.15. The van der Waals surface area contributed by atoms with Crippen LogP contribution < -0.4 is 4.90 Å². The highest BCUT2D eigenvalue weighted by Crippen LogP contribution is 2.29. The van der Waals surface area contributed by atoms with E-state index in [-0.39, 0.29) is 18.1 Å². The number of nitrogens with zero attached hydrogens (tertiary/aromatic N) is 1. The van der Waals surface area contributed by atoms with Crippen molar-refractivity contribution in [3.8, 4) is 0 Å². The molecule has 0 bridgehead atoms. The van der Waals surface area contributed by atoms with E-state index in [1.165, 1.54) is 23.1 Å². The molecular formula is C21H16FNO5. The van der Waals surface area contributed by atoms with Crippen molar-refractivity contribution in [2.45, 2.75) is 13.3 Å². The van der Waals surface area contributed by atoms with Gasteiger partial charge in [-0.15, -0.1) is 0 Å². The number of fused-ring (bicyclic) bond motifs is 2. The number of amides is 1. The molecule has 142 valence electrons. The van der Waals surface area contributed by atoms with Gasteiger partial charge in [0, 0.05) is 29.2 Å². The Hall–Kier alpha value is -3.48. The lowest BCUT2D eigenvalue weighted by Gasteiger charge is -2.10. The fraction of sp³-hybridized carbons (Fsp3) is 0.190. The molecule has 0 saturated heterocycles. The summed E-state index contributed by atoms with van der Waals surface area (Å²) in [6.45, 7) is 1.16. The summed E-state index contributed by atoms with van der Waals surface area (Å²) in [5.41, 5.74) is 2.71. The molecule has 1 aromatic heterocycles. The summed E-state index contributed by atoms with van der Waals surface area (Å²) in [6.07, 6.45) is 0.238. The number of halogens is 1. The van der Waals surface area contributed by atoms with Crippen molar-refractivity contribution in [3.05, 3.63) is 64.7 Å². The molecule has 6 nitrogen and oxygen atoms in total. The second-order valence-electron chi connectivity index (χ2n) is 6.67. The van der Waals surface area contributed by atoms with E-state index in [0.717, 1.165) is 11.3 Å². The summed E-state index contributed by atoms with van der Waals surface area (Å²) in [4.78, 5) is 38.0. The van der Waals surface area contributed by atoms with Crippen LogP contribution in [0.4, 0.5) is 10.1 Å². The van der Waals surface area contributed by atoms with Gasteiger partial charge in [-0.2, -0.15) is 0 Å². The minimum absolute atomic E-state index is 0.0391. The number of furan rings is 1. The minimum Gasteiger partial charge on any atom is -0.451 e. The molecule has 0 aliphatic carbocycles. The average molecular weight is 381 g/mol. The van der Waals surface area contributed by atoms with E-state index in [0.29, 0.717) is 22.1 Å². The number of ether oxygens (including phenoxy) is 1. The number of hydrogen-bond donors (Lipinski definition) is 0. The van der Waals surface area contributed by atoms with Crippen LogP contribution in [0.1, 0.15) is 32.0 Å². The Labute approximate surface area is 159 Å². The summed E-state index contributed by atoms with van der Waals surface area (Å²) in [6, 6.07) is 8.88. The molecule has 7 heteroatoms. The molecular weight excluding hydrogens is 365 g/mol. The molecule has 28 heavy (non-hydrogen) atoms. The molecule has 0 fully saturated rings. The topological polar surface area (TPSA) is 76.8 Å². The van der Waals surface area contributed by atoms with Crippen molar-refractivity contribution in [1.29, 1.82) is 0 Å². The third-order valence-electron chi connectivity index (χ3n) is 4.90. The first-order valence-electron chi connectivity index (χ1n) is 8.63. The first kappa shape index (κ1) is 17.9. The molecule has 0 unspecified atom stereocenters. The number of likely N-dealkylation sites (N-methyl/N-ethyl adjacent to an activating group) is 1. The number of hydrogen-bond acceptors (Lipinski definition) is 5. The highest BCUT2D eigenvalue weighted by atomic mass is 19.1. The lowest BCUT2D eigenvalue weighted by molar-refractivity contribution is -0.117. The predicted molar refractivity (Wildman–Crippen MR) is 99.1 cm³/mol. The Balaban J connectivity index is 1.48. The number of aryl methyl sites for hydroxylation is 1. The first-order chi connectivity index (χ1) is 13.3. The standard InChI is InChI=1S/C21H16FNO5/c1-11-15-9-14(22)4-6-18(15)28-20(11)21(26)27-10-17(24)12-3-5-16-13(7-12)8-19(25)23(16)2/h3-7,9H,8,10H2,1-2H3. The fourth-order valence-corrected chi connectivity index (χ4v) is 3.31. The Morgan fingerprint density at radius 2 is 2.00 bits per heavy atom. The summed E-state index contributed by atoms with van der Waals surface area (Å²) in [5.74, 6) is -1.72. The molecule has 0 saturated carbocycles. The summed E-state index contributed by atoms with van der Waals surface area (Å²) < 4.78 is 23.9. The highest BCUT2D eigenvalue weighted by molar-refractivity contribution is 6.04. The first-order valence-corrected chi connectivity index (χ1v) is 8.63. The molecule has 1 aliphatic rings. The van der Waals surface area contributed by atoms with Gasteiger partial charge in [0.25, 0.3) is 0 Å². The normalized spacial score (nSPS) is 13.1. The van der Waals surface area contributed by atoms with E-state index in [1.807, 2.05) is 0 Å². The van der Waals surface area contributed by atoms with Gasteiger partial charge in [-0.3, -0.25) is 9.59 Å². The molecule has 0 spiro atoms. The van der Waals surface area contributed by atoms with Gasteiger partial charge in [-0.25, -0.2) is 9.18 Å². The molecule has 0 radical (unpaired) electrons. The number of carbonyl (C=O) groups excluding carboxylic acids is 3. The van der Waals surface area contributed by atoms with Crippen molar-refractivity contribution in [3.63, 3.8) is 0 Å². The number of benzene rings is 2. The zero-order chi connectivity index (χ0) is 20.0. The number of Topliss-reactive ketones (excluding diaryl/α,β-unsaturated/α-hetero) is 1. The lowest BCUT2D eigenvalue weighted by Crippen LogP contribution is -2.20. The Kier molecular flexibility index (Phi) is 4.22. The third-order valence-corrected chi connectivity index (χ3v) is 4.90. The lowest BCUT2D eigenvalue weighted by atomic mass is 10.1. The number of esters is 1.